The number of carbonyl (C=O) groups is 2. The van der Waals surface area contributed by atoms with Gasteiger partial charge in [0.25, 0.3) is 12.4 Å². The number of H-pyrrole nitrogens is 1. The molecular weight excluding hydrogens is 384 g/mol. The highest BCUT2D eigenvalue weighted by Crippen LogP contribution is 2.39. The molecule has 8 nitrogen and oxygen atoms in total. The third kappa shape index (κ3) is 4.06. The molecule has 30 heavy (non-hydrogen) atoms. The van der Waals surface area contributed by atoms with Gasteiger partial charge in [-0.2, -0.15) is 0 Å². The summed E-state index contributed by atoms with van der Waals surface area (Å²) < 4.78 is 0. The van der Waals surface area contributed by atoms with Crippen molar-refractivity contribution in [1.29, 1.82) is 0 Å². The van der Waals surface area contributed by atoms with Crippen LogP contribution in [0.15, 0.2) is 18.2 Å². The summed E-state index contributed by atoms with van der Waals surface area (Å²) in [6.07, 6.45) is 4.10. The summed E-state index contributed by atoms with van der Waals surface area (Å²) in [5, 5.41) is 17.6. The maximum absolute atomic E-state index is 13.1. The Bertz CT molecular complexity index is 908. The van der Waals surface area contributed by atoms with E-state index in [4.69, 9.17) is 9.90 Å². The van der Waals surface area contributed by atoms with Gasteiger partial charge in [0.15, 0.2) is 0 Å². The second-order valence-corrected chi connectivity index (χ2v) is 8.74. The number of aromatic amines is 1. The first kappa shape index (κ1) is 20.8. The zero-order valence-electron chi connectivity index (χ0n) is 17.3. The van der Waals surface area contributed by atoms with E-state index < -0.39 is 0 Å². The van der Waals surface area contributed by atoms with Crippen molar-refractivity contribution in [3.63, 3.8) is 0 Å². The summed E-state index contributed by atoms with van der Waals surface area (Å²) in [6.45, 7) is 5.50. The predicted molar refractivity (Wildman–Crippen MR) is 112 cm³/mol. The molecule has 8 heteroatoms. The van der Waals surface area contributed by atoms with Crippen molar-refractivity contribution in [2.45, 2.75) is 44.8 Å². The van der Waals surface area contributed by atoms with Gasteiger partial charge in [-0.3, -0.25) is 14.5 Å². The number of imidazole rings is 1. The van der Waals surface area contributed by atoms with E-state index in [-0.39, 0.29) is 24.5 Å². The van der Waals surface area contributed by atoms with Crippen LogP contribution in [0.1, 0.15) is 41.9 Å². The van der Waals surface area contributed by atoms with Gasteiger partial charge in [-0.25, -0.2) is 4.98 Å². The molecule has 1 aliphatic carbocycles. The average molecular weight is 415 g/mol. The minimum absolute atomic E-state index is 0.103. The number of carboxylic acid groups (broad SMARTS) is 1. The number of likely N-dealkylation sites (tertiary alicyclic amines) is 2. The minimum atomic E-state index is -0.250. The van der Waals surface area contributed by atoms with Crippen LogP contribution in [0.3, 0.4) is 0 Å². The van der Waals surface area contributed by atoms with Crippen LogP contribution in [0.5, 0.6) is 0 Å². The zero-order chi connectivity index (χ0) is 21.3. The van der Waals surface area contributed by atoms with Gasteiger partial charge in [-0.1, -0.05) is 0 Å². The first-order valence-corrected chi connectivity index (χ1v) is 10.8. The number of amides is 1. The van der Waals surface area contributed by atoms with Crippen LogP contribution < -0.4 is 0 Å². The molecule has 4 atom stereocenters. The highest BCUT2D eigenvalue weighted by atomic mass is 16.3. The fourth-order valence-electron chi connectivity index (χ4n) is 5.49. The molecule has 0 spiro atoms. The smallest absolute Gasteiger partial charge is 0.290 e. The van der Waals surface area contributed by atoms with Crippen molar-refractivity contribution in [3.05, 3.63) is 29.6 Å². The van der Waals surface area contributed by atoms with Crippen LogP contribution >= 0.6 is 0 Å². The highest BCUT2D eigenvalue weighted by molar-refractivity contribution is 5.97. The van der Waals surface area contributed by atoms with Gasteiger partial charge in [-0.05, 0) is 75.7 Å². The second kappa shape index (κ2) is 8.73. The van der Waals surface area contributed by atoms with E-state index in [2.05, 4.69) is 14.9 Å². The van der Waals surface area contributed by atoms with Crippen molar-refractivity contribution >= 4 is 23.4 Å². The van der Waals surface area contributed by atoms with E-state index in [0.29, 0.717) is 11.8 Å². The van der Waals surface area contributed by atoms with Gasteiger partial charge < -0.3 is 20.1 Å². The number of aryl methyl sites for hydroxylation is 1. The van der Waals surface area contributed by atoms with Gasteiger partial charge >= 0.3 is 0 Å². The molecule has 1 saturated carbocycles. The number of nitrogens with zero attached hydrogens (tertiary/aromatic N) is 3. The van der Waals surface area contributed by atoms with E-state index in [1.807, 2.05) is 30.0 Å². The minimum Gasteiger partial charge on any atom is -0.483 e. The van der Waals surface area contributed by atoms with Gasteiger partial charge in [0.05, 0.1) is 17.1 Å². The molecule has 3 heterocycles. The van der Waals surface area contributed by atoms with Gasteiger partial charge in [-0.15, -0.1) is 0 Å². The highest BCUT2D eigenvalue weighted by Gasteiger charge is 2.45. The van der Waals surface area contributed by atoms with E-state index in [0.717, 1.165) is 61.4 Å². The summed E-state index contributed by atoms with van der Waals surface area (Å²) >= 11 is 0. The number of aliphatic hydroxyl groups excluding tert-OH is 1. The van der Waals surface area contributed by atoms with Crippen LogP contribution in [-0.2, 0) is 4.79 Å². The molecule has 162 valence electrons. The Morgan fingerprint density at radius 1 is 1.20 bits per heavy atom. The number of aromatic nitrogens is 2. The number of nitrogens with one attached hydrogen (secondary N) is 1. The molecule has 5 rings (SSSR count). The van der Waals surface area contributed by atoms with Crippen molar-refractivity contribution in [2.24, 2.45) is 11.8 Å². The van der Waals surface area contributed by atoms with E-state index in [1.165, 1.54) is 12.8 Å². The molecule has 2 saturated heterocycles. The number of hydrogen-bond donors (Lipinski definition) is 3. The van der Waals surface area contributed by atoms with E-state index in [9.17, 15) is 9.90 Å². The molecule has 0 unspecified atom stereocenters. The molecule has 0 radical (unpaired) electrons. The average Bonchev–Trinajstić information content (AvgIpc) is 3.45. The third-order valence-corrected chi connectivity index (χ3v) is 6.85. The van der Waals surface area contributed by atoms with Crippen LogP contribution in [0.4, 0.5) is 0 Å². The summed E-state index contributed by atoms with van der Waals surface area (Å²) in [4.78, 5) is 33.5. The Balaban J connectivity index is 0.000000687. The first-order chi connectivity index (χ1) is 14.5. The Kier molecular flexibility index (Phi) is 6.06. The molecule has 1 aromatic heterocycles. The number of fused-ring (bicyclic) bond motifs is 2. The van der Waals surface area contributed by atoms with Crippen molar-refractivity contribution in [2.75, 3.05) is 26.2 Å². The number of benzene rings is 1. The Morgan fingerprint density at radius 3 is 2.57 bits per heavy atom. The molecule has 3 aliphatic rings. The molecule has 3 fully saturated rings. The largest absolute Gasteiger partial charge is 0.483 e. The maximum atomic E-state index is 13.1. The van der Waals surface area contributed by atoms with E-state index in [1.54, 1.807) is 0 Å². The van der Waals surface area contributed by atoms with Gasteiger partial charge in [0, 0.05) is 24.7 Å². The van der Waals surface area contributed by atoms with Crippen LogP contribution in [0, 0.1) is 18.8 Å². The molecule has 1 aromatic carbocycles. The Morgan fingerprint density at radius 2 is 1.87 bits per heavy atom. The number of carbonyl (C=O) groups excluding carboxylic acids is 1. The summed E-state index contributed by atoms with van der Waals surface area (Å²) in [7, 11) is 0. The quantitative estimate of drug-likeness (QED) is 0.648. The number of rotatable bonds is 2. The number of aliphatic hydroxyl groups is 1. The van der Waals surface area contributed by atoms with Crippen molar-refractivity contribution < 1.29 is 19.8 Å². The van der Waals surface area contributed by atoms with Gasteiger partial charge in [0.2, 0.25) is 0 Å². The maximum Gasteiger partial charge on any atom is 0.290 e. The standard InChI is InChI=1S/C21H28N4O2.CH2O2/c1-13-22-17-5-4-14(8-18(17)23-13)21(27)25-11-15-9-19(24-6-2-3-7-24)20(26)10-16(15)12-25;2-1-3/h4-5,8,15-16,19-20,26H,2-3,6-7,9-12H2,1H3,(H,22,23);1H,(H,2,3)/t15-,16+,19-,20-;/m1./s1. The summed E-state index contributed by atoms with van der Waals surface area (Å²) in [5.74, 6) is 1.91. The SMILES string of the molecule is Cc1nc2ccc(C(=O)N3C[C@H]4C[C@@H](N5CCCC5)[C@H](O)C[C@H]4C3)cc2[nH]1.O=CO. The molecule has 1 amide bonds. The van der Waals surface area contributed by atoms with Crippen molar-refractivity contribution in [3.8, 4) is 0 Å². The third-order valence-electron chi connectivity index (χ3n) is 6.85. The lowest BCUT2D eigenvalue weighted by atomic mass is 9.77. The Hall–Kier alpha value is -2.45. The molecule has 2 aliphatic heterocycles. The zero-order valence-corrected chi connectivity index (χ0v) is 17.3. The first-order valence-electron chi connectivity index (χ1n) is 10.8. The fraction of sp³-hybridized carbons (Fsp3) is 0.591. The predicted octanol–water partition coefficient (Wildman–Crippen LogP) is 1.88. The summed E-state index contributed by atoms with van der Waals surface area (Å²) in [5.41, 5.74) is 2.54. The molecule has 2 aromatic rings. The van der Waals surface area contributed by atoms with E-state index >= 15 is 0 Å². The molecule has 0 bridgehead atoms. The normalized spacial score (nSPS) is 28.8. The monoisotopic (exact) mass is 414 g/mol. The van der Waals surface area contributed by atoms with Crippen molar-refractivity contribution in [1.82, 2.24) is 19.8 Å². The second-order valence-electron chi connectivity index (χ2n) is 8.74. The van der Waals surface area contributed by atoms with Crippen LogP contribution in [0.25, 0.3) is 11.0 Å². The molecule has 3 N–H and O–H groups in total. The lowest BCUT2D eigenvalue weighted by Gasteiger charge is -2.40. The number of hydrogen-bond acceptors (Lipinski definition) is 5. The van der Waals surface area contributed by atoms with Gasteiger partial charge in [0.1, 0.15) is 5.82 Å². The lowest BCUT2D eigenvalue weighted by molar-refractivity contribution is -0.122. The summed E-state index contributed by atoms with van der Waals surface area (Å²) in [6, 6.07) is 6.01. The van der Waals surface area contributed by atoms with Crippen LogP contribution in [0.2, 0.25) is 0 Å². The Labute approximate surface area is 175 Å². The topological polar surface area (TPSA) is 110 Å². The molecular formula is C22H30N4O4. The fourth-order valence-corrected chi connectivity index (χ4v) is 5.49. The van der Waals surface area contributed by atoms with Crippen LogP contribution in [-0.4, -0.2) is 80.7 Å². The lowest BCUT2D eigenvalue weighted by Crippen LogP contribution is -2.48.